The van der Waals surface area contributed by atoms with Crippen LogP contribution in [-0.4, -0.2) is 37.3 Å². The summed E-state index contributed by atoms with van der Waals surface area (Å²) >= 11 is 5.70. The van der Waals surface area contributed by atoms with Crippen molar-refractivity contribution in [3.8, 4) is 0 Å². The molecule has 0 unspecified atom stereocenters. The fourth-order valence-electron chi connectivity index (χ4n) is 3.20. The normalized spacial score (nSPS) is 14.7. The summed E-state index contributed by atoms with van der Waals surface area (Å²) in [6, 6.07) is 3.64. The molecule has 140 valence electrons. The predicted octanol–water partition coefficient (Wildman–Crippen LogP) is 3.46. The minimum absolute atomic E-state index is 0.103. The van der Waals surface area contributed by atoms with Crippen LogP contribution in [0.1, 0.15) is 34.6 Å². The van der Waals surface area contributed by atoms with Gasteiger partial charge in [0.15, 0.2) is 0 Å². The number of aromatic nitrogens is 1. The van der Waals surface area contributed by atoms with Gasteiger partial charge in [-0.3, -0.25) is 9.52 Å². The molecule has 0 saturated carbocycles. The van der Waals surface area contributed by atoms with E-state index in [0.717, 1.165) is 18.9 Å². The summed E-state index contributed by atoms with van der Waals surface area (Å²) in [5, 5.41) is 0.156. The Morgan fingerprint density at radius 3 is 2.50 bits per heavy atom. The number of H-pyrrole nitrogens is 1. The predicted molar refractivity (Wildman–Crippen MR) is 97.6 cm³/mol. The van der Waals surface area contributed by atoms with Gasteiger partial charge in [-0.1, -0.05) is 11.6 Å². The molecule has 6 nitrogen and oxygen atoms in total. The van der Waals surface area contributed by atoms with E-state index < -0.39 is 15.8 Å². The lowest BCUT2D eigenvalue weighted by molar-refractivity contribution is 0.0788. The molecule has 1 aliphatic rings. The molecule has 2 heterocycles. The molecule has 3 rings (SSSR count). The Hall–Kier alpha value is -2.06. The van der Waals surface area contributed by atoms with Crippen molar-refractivity contribution < 1.29 is 17.6 Å². The van der Waals surface area contributed by atoms with Gasteiger partial charge in [0, 0.05) is 29.5 Å². The number of hydrogen-bond donors (Lipinski definition) is 2. The van der Waals surface area contributed by atoms with Crippen LogP contribution in [0.4, 0.5) is 10.1 Å². The maximum Gasteiger partial charge on any atom is 0.264 e. The Bertz CT molecular complexity index is 966. The maximum atomic E-state index is 14.0. The Balaban J connectivity index is 2.03. The molecule has 0 spiro atoms. The third-order valence-corrected chi connectivity index (χ3v) is 6.14. The molecule has 2 N–H and O–H groups in total. The van der Waals surface area contributed by atoms with Gasteiger partial charge in [-0.05, 0) is 44.9 Å². The van der Waals surface area contributed by atoms with Crippen LogP contribution >= 0.6 is 11.6 Å². The summed E-state index contributed by atoms with van der Waals surface area (Å²) in [5.41, 5.74) is 0.668. The number of hydrogen-bond acceptors (Lipinski definition) is 3. The fourth-order valence-corrected chi connectivity index (χ4v) is 4.88. The van der Waals surface area contributed by atoms with E-state index in [1.165, 1.54) is 12.1 Å². The average molecular weight is 400 g/mol. The van der Waals surface area contributed by atoms with Gasteiger partial charge < -0.3 is 9.88 Å². The first-order valence-corrected chi connectivity index (χ1v) is 10.0. The van der Waals surface area contributed by atoms with Gasteiger partial charge >= 0.3 is 0 Å². The number of nitrogens with one attached hydrogen (secondary N) is 2. The topological polar surface area (TPSA) is 82.3 Å². The van der Waals surface area contributed by atoms with Gasteiger partial charge in [0.25, 0.3) is 15.9 Å². The van der Waals surface area contributed by atoms with Crippen molar-refractivity contribution >= 4 is 33.2 Å². The lowest BCUT2D eigenvalue weighted by Gasteiger charge is -2.17. The molecule has 26 heavy (non-hydrogen) atoms. The molecule has 1 saturated heterocycles. The highest BCUT2D eigenvalue weighted by Gasteiger charge is 2.32. The zero-order valence-electron chi connectivity index (χ0n) is 14.4. The van der Waals surface area contributed by atoms with Crippen LogP contribution in [-0.2, 0) is 10.0 Å². The first-order chi connectivity index (χ1) is 12.2. The van der Waals surface area contributed by atoms with Crippen molar-refractivity contribution in [3.05, 3.63) is 46.0 Å². The molecule has 1 aromatic heterocycles. The highest BCUT2D eigenvalue weighted by Crippen LogP contribution is 2.29. The minimum atomic E-state index is -4.18. The van der Waals surface area contributed by atoms with Gasteiger partial charge in [0.1, 0.15) is 10.7 Å². The summed E-state index contributed by atoms with van der Waals surface area (Å²) in [6.07, 6.45) is 1.79. The van der Waals surface area contributed by atoms with Crippen molar-refractivity contribution in [1.82, 2.24) is 9.88 Å². The number of likely N-dealkylation sites (tertiary alicyclic amines) is 1. The van der Waals surface area contributed by atoms with E-state index in [2.05, 4.69) is 9.71 Å². The van der Waals surface area contributed by atoms with Gasteiger partial charge in [0.2, 0.25) is 0 Å². The molecular weight excluding hydrogens is 381 g/mol. The summed E-state index contributed by atoms with van der Waals surface area (Å²) in [6.45, 7) is 4.42. The third-order valence-electron chi connectivity index (χ3n) is 4.37. The summed E-state index contributed by atoms with van der Waals surface area (Å²) in [4.78, 5) is 17.2. The lowest BCUT2D eigenvalue weighted by atomic mass is 10.2. The maximum absolute atomic E-state index is 14.0. The van der Waals surface area contributed by atoms with Crippen LogP contribution in [0.3, 0.4) is 0 Å². The van der Waals surface area contributed by atoms with E-state index in [4.69, 9.17) is 11.6 Å². The SMILES string of the molecule is Cc1[nH]c(C)c(S(=O)(=O)Nc2ccc(Cl)cc2F)c1C(=O)N1CCCC1. The third kappa shape index (κ3) is 3.43. The molecule has 0 radical (unpaired) electrons. The van der Waals surface area contributed by atoms with Crippen molar-refractivity contribution in [3.63, 3.8) is 0 Å². The number of rotatable bonds is 4. The summed E-state index contributed by atoms with van der Waals surface area (Å²) < 4.78 is 42.1. The number of aromatic amines is 1. The monoisotopic (exact) mass is 399 g/mol. The van der Waals surface area contributed by atoms with E-state index >= 15 is 0 Å². The first kappa shape index (κ1) is 18.7. The van der Waals surface area contributed by atoms with Crippen molar-refractivity contribution in [2.45, 2.75) is 31.6 Å². The number of halogens is 2. The smallest absolute Gasteiger partial charge is 0.264 e. The molecular formula is C17H19ClFN3O3S. The van der Waals surface area contributed by atoms with E-state index in [1.807, 2.05) is 0 Å². The largest absolute Gasteiger partial charge is 0.361 e. The van der Waals surface area contributed by atoms with E-state index in [9.17, 15) is 17.6 Å². The van der Waals surface area contributed by atoms with Gasteiger partial charge in [-0.2, -0.15) is 0 Å². The minimum Gasteiger partial charge on any atom is -0.361 e. The quantitative estimate of drug-likeness (QED) is 0.825. The molecule has 2 aromatic rings. The molecule has 1 aromatic carbocycles. The molecule has 0 aliphatic carbocycles. The number of sulfonamides is 1. The van der Waals surface area contributed by atoms with Crippen LogP contribution < -0.4 is 4.72 Å². The number of anilines is 1. The van der Waals surface area contributed by atoms with Gasteiger partial charge in [-0.25, -0.2) is 12.8 Å². The second kappa shape index (κ2) is 6.92. The average Bonchev–Trinajstić information content (AvgIpc) is 3.17. The molecule has 9 heteroatoms. The zero-order chi connectivity index (χ0) is 19.1. The highest BCUT2D eigenvalue weighted by atomic mass is 35.5. The number of nitrogens with zero attached hydrogens (tertiary/aromatic N) is 1. The first-order valence-electron chi connectivity index (χ1n) is 8.17. The van der Waals surface area contributed by atoms with Crippen LogP contribution in [0, 0.1) is 19.7 Å². The van der Waals surface area contributed by atoms with Crippen LogP contribution in [0.15, 0.2) is 23.1 Å². The van der Waals surface area contributed by atoms with E-state index in [1.54, 1.807) is 18.7 Å². The molecule has 1 fully saturated rings. The number of aryl methyl sites for hydroxylation is 2. The number of amides is 1. The molecule has 0 bridgehead atoms. The Morgan fingerprint density at radius 2 is 1.88 bits per heavy atom. The van der Waals surface area contributed by atoms with Crippen LogP contribution in [0.5, 0.6) is 0 Å². The second-order valence-electron chi connectivity index (χ2n) is 6.31. The van der Waals surface area contributed by atoms with E-state index in [0.29, 0.717) is 24.5 Å². The number of benzene rings is 1. The molecule has 0 atom stereocenters. The fraction of sp³-hybridized carbons (Fsp3) is 0.353. The van der Waals surface area contributed by atoms with Crippen LogP contribution in [0.2, 0.25) is 5.02 Å². The molecule has 1 aliphatic heterocycles. The summed E-state index contributed by atoms with van der Waals surface area (Å²) in [5.74, 6) is -1.13. The standard InChI is InChI=1S/C17H19ClFN3O3S/c1-10-15(17(23)22-7-3-4-8-22)16(11(2)20-10)26(24,25)21-14-6-5-12(18)9-13(14)19/h5-6,9,20-21H,3-4,7-8H2,1-2H3. The van der Waals surface area contributed by atoms with Gasteiger partial charge in [0.05, 0.1) is 11.3 Å². The van der Waals surface area contributed by atoms with Crippen molar-refractivity contribution in [2.75, 3.05) is 17.8 Å². The number of carbonyl (C=O) groups is 1. The van der Waals surface area contributed by atoms with Crippen molar-refractivity contribution in [2.24, 2.45) is 0 Å². The van der Waals surface area contributed by atoms with Crippen LogP contribution in [0.25, 0.3) is 0 Å². The van der Waals surface area contributed by atoms with Gasteiger partial charge in [-0.15, -0.1) is 0 Å². The Kier molecular flexibility index (Phi) is 4.98. The lowest BCUT2D eigenvalue weighted by Crippen LogP contribution is -2.30. The van der Waals surface area contributed by atoms with Crippen molar-refractivity contribution in [1.29, 1.82) is 0 Å². The highest BCUT2D eigenvalue weighted by molar-refractivity contribution is 7.92. The summed E-state index contributed by atoms with van der Waals surface area (Å²) in [7, 11) is -4.18. The zero-order valence-corrected chi connectivity index (χ0v) is 16.0. The van der Waals surface area contributed by atoms with E-state index in [-0.39, 0.29) is 27.1 Å². The molecule has 1 amide bonds. The number of carbonyl (C=O) groups excluding carboxylic acids is 1. The Labute approximate surface area is 156 Å². The second-order valence-corrected chi connectivity index (χ2v) is 8.36. The Morgan fingerprint density at radius 1 is 1.23 bits per heavy atom.